The maximum Gasteiger partial charge on any atom is 0.338 e. The fourth-order valence-corrected chi connectivity index (χ4v) is 3.86. The highest BCUT2D eigenvalue weighted by atomic mass is 79.9. The average molecular weight is 586 g/mol. The Morgan fingerprint density at radius 2 is 1.32 bits per heavy atom. The van der Waals surface area contributed by atoms with Crippen LogP contribution >= 0.6 is 15.9 Å². The summed E-state index contributed by atoms with van der Waals surface area (Å²) in [6, 6.07) is 22.0. The predicted octanol–water partition coefficient (Wildman–Crippen LogP) is 6.15. The monoisotopic (exact) mass is 584 g/mol. The van der Waals surface area contributed by atoms with Crippen molar-refractivity contribution < 1.29 is 23.9 Å². The van der Waals surface area contributed by atoms with Gasteiger partial charge in [0.2, 0.25) is 0 Å². The third kappa shape index (κ3) is 10.5. The highest BCUT2D eigenvalue weighted by molar-refractivity contribution is 9.10. The van der Waals surface area contributed by atoms with Crippen LogP contribution in [-0.2, 0) is 20.8 Å². The number of carbonyl (C=O) groups excluding carboxylic acids is 3. The summed E-state index contributed by atoms with van der Waals surface area (Å²) in [6.45, 7) is 7.96. The molecule has 0 aliphatic rings. The van der Waals surface area contributed by atoms with E-state index in [1.165, 1.54) is 6.92 Å². The van der Waals surface area contributed by atoms with Gasteiger partial charge < -0.3 is 15.2 Å². The number of anilines is 1. The molecule has 0 radical (unpaired) electrons. The summed E-state index contributed by atoms with van der Waals surface area (Å²) in [5, 5.41) is 0. The van der Waals surface area contributed by atoms with Crippen LogP contribution < -0.4 is 5.73 Å². The van der Waals surface area contributed by atoms with E-state index >= 15 is 0 Å². The standard InChI is InChI=1S/C16H23BrN2O4.C13H10O.CH4/c1-4-19(5-2)10-13-8-12(9-14(17)15(13)18)16(21)23-7-6-22-11(3)20;14-13(11-7-3-1-4-8-11)12-9-5-2-6-10-12;/h8-9H,4-7,10,18H2,1-3H3;1-10H;1H4. The van der Waals surface area contributed by atoms with Crippen LogP contribution in [0.15, 0.2) is 77.3 Å². The van der Waals surface area contributed by atoms with E-state index < -0.39 is 11.9 Å². The molecule has 3 aromatic rings. The first kappa shape index (κ1) is 32.5. The summed E-state index contributed by atoms with van der Waals surface area (Å²) in [4.78, 5) is 36.8. The zero-order chi connectivity index (χ0) is 27.2. The molecule has 0 fully saturated rings. The number of nitrogens with zero attached hydrogens (tertiary/aromatic N) is 1. The summed E-state index contributed by atoms with van der Waals surface area (Å²) in [6.07, 6.45) is 0. The van der Waals surface area contributed by atoms with Gasteiger partial charge in [0.05, 0.1) is 11.3 Å². The van der Waals surface area contributed by atoms with Crippen molar-refractivity contribution >= 4 is 39.3 Å². The van der Waals surface area contributed by atoms with Gasteiger partial charge in [0.15, 0.2) is 5.78 Å². The van der Waals surface area contributed by atoms with Crippen molar-refractivity contribution in [2.24, 2.45) is 0 Å². The summed E-state index contributed by atoms with van der Waals surface area (Å²) in [5.41, 5.74) is 9.45. The number of ketones is 1. The van der Waals surface area contributed by atoms with E-state index in [-0.39, 0.29) is 26.4 Å². The van der Waals surface area contributed by atoms with E-state index in [1.807, 2.05) is 60.7 Å². The van der Waals surface area contributed by atoms with Crippen LogP contribution in [0.1, 0.15) is 60.0 Å². The third-order valence-electron chi connectivity index (χ3n) is 5.43. The first-order valence-corrected chi connectivity index (χ1v) is 12.8. The lowest BCUT2D eigenvalue weighted by molar-refractivity contribution is -0.142. The number of carbonyl (C=O) groups is 3. The summed E-state index contributed by atoms with van der Waals surface area (Å²) in [5.74, 6) is -0.803. The molecule has 3 rings (SSSR count). The van der Waals surface area contributed by atoms with Gasteiger partial charge in [-0.3, -0.25) is 14.5 Å². The number of nitrogens with two attached hydrogens (primary N) is 1. The normalized spacial score (nSPS) is 10.0. The van der Waals surface area contributed by atoms with E-state index in [1.54, 1.807) is 12.1 Å². The van der Waals surface area contributed by atoms with Gasteiger partial charge in [-0.2, -0.15) is 0 Å². The number of esters is 2. The number of ether oxygens (including phenoxy) is 2. The van der Waals surface area contributed by atoms with Gasteiger partial charge in [-0.25, -0.2) is 4.79 Å². The second-order valence-electron chi connectivity index (χ2n) is 8.03. The summed E-state index contributed by atoms with van der Waals surface area (Å²) >= 11 is 3.38. The molecule has 0 bridgehead atoms. The molecule has 0 saturated heterocycles. The lowest BCUT2D eigenvalue weighted by Crippen LogP contribution is -2.23. The van der Waals surface area contributed by atoms with Crippen molar-refractivity contribution in [2.45, 2.75) is 34.7 Å². The molecule has 0 spiro atoms. The second kappa shape index (κ2) is 17.1. The maximum absolute atomic E-state index is 12.1. The minimum atomic E-state index is -0.473. The van der Waals surface area contributed by atoms with Gasteiger partial charge in [-0.05, 0) is 46.7 Å². The van der Waals surface area contributed by atoms with Gasteiger partial charge in [-0.15, -0.1) is 0 Å². The molecule has 204 valence electrons. The van der Waals surface area contributed by atoms with E-state index in [9.17, 15) is 14.4 Å². The predicted molar refractivity (Wildman–Crippen MR) is 155 cm³/mol. The molecule has 0 atom stereocenters. The first-order chi connectivity index (χ1) is 17.8. The molecule has 0 aromatic heterocycles. The average Bonchev–Trinajstić information content (AvgIpc) is 2.92. The molecular formula is C30H37BrN2O5. The van der Waals surface area contributed by atoms with Crippen LogP contribution in [0.3, 0.4) is 0 Å². The number of rotatable bonds is 10. The lowest BCUT2D eigenvalue weighted by atomic mass is 10.0. The third-order valence-corrected chi connectivity index (χ3v) is 6.09. The molecule has 0 saturated carbocycles. The van der Waals surface area contributed by atoms with E-state index in [4.69, 9.17) is 15.2 Å². The van der Waals surface area contributed by atoms with Crippen molar-refractivity contribution in [3.8, 4) is 0 Å². The topological polar surface area (TPSA) is 98.9 Å². The van der Waals surface area contributed by atoms with Crippen LogP contribution in [0.5, 0.6) is 0 Å². The summed E-state index contributed by atoms with van der Waals surface area (Å²) in [7, 11) is 0. The molecule has 0 heterocycles. The van der Waals surface area contributed by atoms with Crippen molar-refractivity contribution in [1.29, 1.82) is 0 Å². The van der Waals surface area contributed by atoms with Gasteiger partial charge in [0.1, 0.15) is 13.2 Å². The minimum absolute atomic E-state index is 0. The number of halogens is 1. The highest BCUT2D eigenvalue weighted by Gasteiger charge is 2.15. The Morgan fingerprint density at radius 3 is 1.79 bits per heavy atom. The zero-order valence-electron chi connectivity index (χ0n) is 21.4. The van der Waals surface area contributed by atoms with Crippen LogP contribution in [-0.4, -0.2) is 48.9 Å². The molecule has 0 aliphatic carbocycles. The van der Waals surface area contributed by atoms with E-state index in [0.29, 0.717) is 22.3 Å². The zero-order valence-corrected chi connectivity index (χ0v) is 23.0. The molecule has 0 amide bonds. The Labute approximate surface area is 234 Å². The molecule has 2 N–H and O–H groups in total. The van der Waals surface area contributed by atoms with Crippen LogP contribution in [0.4, 0.5) is 5.69 Å². The van der Waals surface area contributed by atoms with Crippen molar-refractivity contribution in [1.82, 2.24) is 4.90 Å². The van der Waals surface area contributed by atoms with E-state index in [2.05, 4.69) is 34.7 Å². The van der Waals surface area contributed by atoms with Gasteiger partial charge in [0, 0.05) is 29.1 Å². The largest absolute Gasteiger partial charge is 0.462 e. The summed E-state index contributed by atoms with van der Waals surface area (Å²) < 4.78 is 10.5. The van der Waals surface area contributed by atoms with Crippen molar-refractivity contribution in [3.63, 3.8) is 0 Å². The Balaban J connectivity index is 0.000000410. The van der Waals surface area contributed by atoms with Crippen LogP contribution in [0.25, 0.3) is 0 Å². The molecule has 7 nitrogen and oxygen atoms in total. The second-order valence-corrected chi connectivity index (χ2v) is 8.88. The molecule has 3 aromatic carbocycles. The molecule has 8 heteroatoms. The molecule has 38 heavy (non-hydrogen) atoms. The maximum atomic E-state index is 12.1. The fraction of sp³-hybridized carbons (Fsp3) is 0.300. The lowest BCUT2D eigenvalue weighted by Gasteiger charge is -2.20. The van der Waals surface area contributed by atoms with Crippen LogP contribution in [0, 0.1) is 0 Å². The van der Waals surface area contributed by atoms with Crippen LogP contribution in [0.2, 0.25) is 0 Å². The molecule has 0 unspecified atom stereocenters. The smallest absolute Gasteiger partial charge is 0.338 e. The Kier molecular flexibility index (Phi) is 14.6. The van der Waals surface area contributed by atoms with Crippen molar-refractivity contribution in [2.75, 3.05) is 32.0 Å². The van der Waals surface area contributed by atoms with Gasteiger partial charge in [-0.1, -0.05) is 81.9 Å². The Bertz CT molecular complexity index is 1120. The SMILES string of the molecule is C.CCN(CC)Cc1cc(C(=O)OCCOC(C)=O)cc(Br)c1N.O=C(c1ccccc1)c1ccccc1. The first-order valence-electron chi connectivity index (χ1n) is 12.0. The van der Waals surface area contributed by atoms with E-state index in [0.717, 1.165) is 29.8 Å². The number of nitrogen functional groups attached to an aromatic ring is 1. The Morgan fingerprint density at radius 1 is 0.816 bits per heavy atom. The van der Waals surface area contributed by atoms with Gasteiger partial charge in [0.25, 0.3) is 0 Å². The minimum Gasteiger partial charge on any atom is -0.462 e. The fourth-order valence-electron chi connectivity index (χ4n) is 3.36. The quantitative estimate of drug-likeness (QED) is 0.132. The number of hydrogen-bond acceptors (Lipinski definition) is 7. The number of hydrogen-bond donors (Lipinski definition) is 1. The van der Waals surface area contributed by atoms with Gasteiger partial charge >= 0.3 is 11.9 Å². The number of benzene rings is 3. The molecular weight excluding hydrogens is 548 g/mol. The molecule has 0 aliphatic heterocycles. The van der Waals surface area contributed by atoms with Crippen molar-refractivity contribution in [3.05, 3.63) is 99.5 Å². The Hall–Kier alpha value is -3.49. The highest BCUT2D eigenvalue weighted by Crippen LogP contribution is 2.27.